The average molecular weight is 306 g/mol. The molecule has 0 spiro atoms. The second kappa shape index (κ2) is 7.40. The molecule has 4 N–H and O–H groups in total. The Balaban J connectivity index is 2.56. The predicted molar refractivity (Wildman–Crippen MR) is 87.8 cm³/mol. The van der Waals surface area contributed by atoms with Crippen LogP contribution in [-0.2, 0) is 13.0 Å². The van der Waals surface area contributed by atoms with E-state index in [9.17, 15) is 0 Å². The van der Waals surface area contributed by atoms with Gasteiger partial charge >= 0.3 is 0 Å². The smallest absolute Gasteiger partial charge is 0.260 e. The normalized spacial score (nSPS) is 11.5. The number of nitrogen functional groups attached to an aromatic ring is 1. The van der Waals surface area contributed by atoms with Crippen LogP contribution in [0.3, 0.4) is 0 Å². The van der Waals surface area contributed by atoms with Crippen molar-refractivity contribution < 1.29 is 4.74 Å². The lowest BCUT2D eigenvalue weighted by Gasteiger charge is -2.13. The highest BCUT2D eigenvalue weighted by Gasteiger charge is 2.19. The number of imidazole rings is 1. The van der Waals surface area contributed by atoms with Gasteiger partial charge in [-0.25, -0.2) is 4.98 Å². The summed E-state index contributed by atoms with van der Waals surface area (Å²) < 4.78 is 7.94. The van der Waals surface area contributed by atoms with E-state index >= 15 is 0 Å². The molecule has 0 aliphatic rings. The summed E-state index contributed by atoms with van der Waals surface area (Å²) in [6.45, 7) is 7.50. The first-order valence-corrected chi connectivity index (χ1v) is 7.96. The molecule has 0 bridgehead atoms. The molecule has 22 heavy (non-hydrogen) atoms. The number of anilines is 1. The summed E-state index contributed by atoms with van der Waals surface area (Å²) in [7, 11) is 0. The van der Waals surface area contributed by atoms with E-state index in [1.165, 1.54) is 0 Å². The molecule has 0 amide bonds. The Morgan fingerprint density at radius 1 is 1.23 bits per heavy atom. The van der Waals surface area contributed by atoms with Crippen LogP contribution < -0.4 is 16.2 Å². The molecular formula is C15H26N6O. The minimum atomic E-state index is 0.0121. The first-order chi connectivity index (χ1) is 10.6. The SMILES string of the molecule is CCCCc1nc2c(N)nnc(OC(C)C)c2n1CCCN. The zero-order valence-electron chi connectivity index (χ0n) is 13.7. The van der Waals surface area contributed by atoms with Gasteiger partial charge in [-0.2, -0.15) is 0 Å². The van der Waals surface area contributed by atoms with Crippen molar-refractivity contribution in [3.8, 4) is 5.88 Å². The molecule has 2 aromatic heterocycles. The summed E-state index contributed by atoms with van der Waals surface area (Å²) in [5.74, 6) is 1.84. The number of rotatable bonds is 8. The predicted octanol–water partition coefficient (Wildman–Crippen LogP) is 1.89. The molecule has 0 aromatic carbocycles. The van der Waals surface area contributed by atoms with Crippen molar-refractivity contribution in [2.45, 2.75) is 59.1 Å². The zero-order valence-corrected chi connectivity index (χ0v) is 13.7. The van der Waals surface area contributed by atoms with Crippen molar-refractivity contribution in [1.29, 1.82) is 0 Å². The fourth-order valence-corrected chi connectivity index (χ4v) is 2.41. The second-order valence-electron chi connectivity index (χ2n) is 5.68. The lowest BCUT2D eigenvalue weighted by molar-refractivity contribution is 0.232. The molecule has 0 aliphatic heterocycles. The second-order valence-corrected chi connectivity index (χ2v) is 5.68. The zero-order chi connectivity index (χ0) is 16.1. The lowest BCUT2D eigenvalue weighted by Crippen LogP contribution is -2.12. The summed E-state index contributed by atoms with van der Waals surface area (Å²) >= 11 is 0. The van der Waals surface area contributed by atoms with Crippen LogP contribution in [0.1, 0.15) is 45.9 Å². The molecule has 2 rings (SSSR count). The minimum Gasteiger partial charge on any atom is -0.472 e. The number of unbranched alkanes of at least 4 members (excludes halogenated alkanes) is 1. The Hall–Kier alpha value is -1.89. The monoisotopic (exact) mass is 306 g/mol. The van der Waals surface area contributed by atoms with Crippen molar-refractivity contribution in [2.75, 3.05) is 12.3 Å². The standard InChI is InChI=1S/C15H26N6O/c1-4-5-7-11-18-12-13(21(11)9-6-8-16)15(22-10(2)3)20-19-14(12)17/h10H,4-9,16H2,1-3H3,(H2,17,19). The molecule has 0 atom stereocenters. The quantitative estimate of drug-likeness (QED) is 0.771. The largest absolute Gasteiger partial charge is 0.472 e. The van der Waals surface area contributed by atoms with Crippen LogP contribution >= 0.6 is 0 Å². The van der Waals surface area contributed by atoms with Gasteiger partial charge in [0.15, 0.2) is 5.82 Å². The van der Waals surface area contributed by atoms with Crippen molar-refractivity contribution in [2.24, 2.45) is 5.73 Å². The van der Waals surface area contributed by atoms with E-state index in [1.807, 2.05) is 13.8 Å². The molecule has 0 saturated heterocycles. The number of hydrogen-bond acceptors (Lipinski definition) is 6. The van der Waals surface area contributed by atoms with Crippen molar-refractivity contribution in [1.82, 2.24) is 19.7 Å². The van der Waals surface area contributed by atoms with Crippen LogP contribution in [0.2, 0.25) is 0 Å². The van der Waals surface area contributed by atoms with Gasteiger partial charge in [0.25, 0.3) is 5.88 Å². The van der Waals surface area contributed by atoms with Crippen LogP contribution in [0.4, 0.5) is 5.82 Å². The third-order valence-corrected chi connectivity index (χ3v) is 3.43. The third kappa shape index (κ3) is 3.47. The van der Waals surface area contributed by atoms with Crippen molar-refractivity contribution in [3.63, 3.8) is 0 Å². The number of nitrogens with zero attached hydrogens (tertiary/aromatic N) is 4. The van der Waals surface area contributed by atoms with Gasteiger partial charge in [0, 0.05) is 13.0 Å². The van der Waals surface area contributed by atoms with Gasteiger partial charge in [0.05, 0.1) is 6.10 Å². The maximum Gasteiger partial charge on any atom is 0.260 e. The van der Waals surface area contributed by atoms with Crippen LogP contribution in [0, 0.1) is 0 Å². The number of ether oxygens (including phenoxy) is 1. The molecule has 0 radical (unpaired) electrons. The van der Waals surface area contributed by atoms with Crippen LogP contribution in [0.25, 0.3) is 11.0 Å². The van der Waals surface area contributed by atoms with Gasteiger partial charge < -0.3 is 20.8 Å². The van der Waals surface area contributed by atoms with E-state index in [1.54, 1.807) is 0 Å². The Morgan fingerprint density at radius 2 is 2.00 bits per heavy atom. The molecule has 0 aliphatic carbocycles. The molecule has 0 fully saturated rings. The van der Waals surface area contributed by atoms with Gasteiger partial charge in [-0.3, -0.25) is 0 Å². The summed E-state index contributed by atoms with van der Waals surface area (Å²) in [6.07, 6.45) is 3.97. The highest BCUT2D eigenvalue weighted by molar-refractivity contribution is 5.88. The van der Waals surface area contributed by atoms with Crippen molar-refractivity contribution >= 4 is 16.9 Å². The topological polar surface area (TPSA) is 105 Å². The Kier molecular flexibility index (Phi) is 5.54. The van der Waals surface area contributed by atoms with Gasteiger partial charge in [-0.05, 0) is 33.2 Å². The average Bonchev–Trinajstić information content (AvgIpc) is 2.85. The number of fused-ring (bicyclic) bond motifs is 1. The van der Waals surface area contributed by atoms with E-state index in [-0.39, 0.29) is 6.10 Å². The summed E-state index contributed by atoms with van der Waals surface area (Å²) in [5, 5.41) is 8.10. The van der Waals surface area contributed by atoms with Gasteiger partial charge in [0.2, 0.25) is 0 Å². The summed E-state index contributed by atoms with van der Waals surface area (Å²) in [5.41, 5.74) is 13.1. The van der Waals surface area contributed by atoms with E-state index < -0.39 is 0 Å². The van der Waals surface area contributed by atoms with Crippen LogP contribution in [0.5, 0.6) is 5.88 Å². The summed E-state index contributed by atoms with van der Waals surface area (Å²) in [4.78, 5) is 4.69. The highest BCUT2D eigenvalue weighted by atomic mass is 16.5. The van der Waals surface area contributed by atoms with Gasteiger partial charge in [-0.1, -0.05) is 13.3 Å². The number of aromatic nitrogens is 4. The number of hydrogen-bond donors (Lipinski definition) is 2. The van der Waals surface area contributed by atoms with Crippen LogP contribution in [-0.4, -0.2) is 32.4 Å². The Labute approximate surface area is 131 Å². The van der Waals surface area contributed by atoms with E-state index in [4.69, 9.17) is 16.2 Å². The fraction of sp³-hybridized carbons (Fsp3) is 0.667. The van der Waals surface area contributed by atoms with E-state index in [2.05, 4.69) is 26.7 Å². The first-order valence-electron chi connectivity index (χ1n) is 7.96. The molecule has 0 unspecified atom stereocenters. The van der Waals surface area contributed by atoms with E-state index in [0.29, 0.717) is 23.8 Å². The van der Waals surface area contributed by atoms with E-state index in [0.717, 1.165) is 43.6 Å². The maximum atomic E-state index is 5.97. The Morgan fingerprint density at radius 3 is 2.64 bits per heavy atom. The molecule has 7 heteroatoms. The molecule has 2 aromatic rings. The molecule has 2 heterocycles. The third-order valence-electron chi connectivity index (χ3n) is 3.43. The Bertz CT molecular complexity index is 622. The fourth-order valence-electron chi connectivity index (χ4n) is 2.41. The summed E-state index contributed by atoms with van der Waals surface area (Å²) in [6, 6.07) is 0. The lowest BCUT2D eigenvalue weighted by atomic mass is 10.2. The molecule has 122 valence electrons. The molecular weight excluding hydrogens is 280 g/mol. The minimum absolute atomic E-state index is 0.0121. The van der Waals surface area contributed by atoms with Gasteiger partial charge in [0.1, 0.15) is 16.9 Å². The number of nitrogens with two attached hydrogens (primary N) is 2. The van der Waals surface area contributed by atoms with Gasteiger partial charge in [-0.15, -0.1) is 10.2 Å². The van der Waals surface area contributed by atoms with Crippen LogP contribution in [0.15, 0.2) is 0 Å². The maximum absolute atomic E-state index is 5.97. The molecule has 0 saturated carbocycles. The first kappa shape index (κ1) is 16.5. The number of aryl methyl sites for hydroxylation is 2. The van der Waals surface area contributed by atoms with Crippen molar-refractivity contribution in [3.05, 3.63) is 5.82 Å². The highest BCUT2D eigenvalue weighted by Crippen LogP contribution is 2.28. The molecule has 7 nitrogen and oxygen atoms in total.